The van der Waals surface area contributed by atoms with Crippen molar-refractivity contribution in [2.45, 2.75) is 13.1 Å². The van der Waals surface area contributed by atoms with Crippen LogP contribution in [0, 0.1) is 0 Å². The van der Waals surface area contributed by atoms with Gasteiger partial charge in [-0.2, -0.15) is 0 Å². The average molecular weight is 368 g/mol. The summed E-state index contributed by atoms with van der Waals surface area (Å²) < 4.78 is 15.7. The molecule has 0 saturated carbocycles. The van der Waals surface area contributed by atoms with Crippen LogP contribution in [-0.2, 0) is 13.1 Å². The highest BCUT2D eigenvalue weighted by Gasteiger charge is 2.02. The SMILES string of the molecule is Br.COc1ccc(CNCc2cc(OC)cc(OC)c2)cc1. The van der Waals surface area contributed by atoms with Gasteiger partial charge in [-0.3, -0.25) is 0 Å². The number of methoxy groups -OCH3 is 3. The first-order chi connectivity index (χ1) is 10.2. The maximum atomic E-state index is 5.27. The number of nitrogens with one attached hydrogen (secondary N) is 1. The Bertz CT molecular complexity index is 550. The lowest BCUT2D eigenvalue weighted by Crippen LogP contribution is -2.12. The molecule has 0 saturated heterocycles. The van der Waals surface area contributed by atoms with Crippen LogP contribution in [0.2, 0.25) is 0 Å². The van der Waals surface area contributed by atoms with Gasteiger partial charge in [0.2, 0.25) is 0 Å². The molecule has 0 heterocycles. The Hall–Kier alpha value is -1.72. The normalized spacial score (nSPS) is 9.77. The summed E-state index contributed by atoms with van der Waals surface area (Å²) in [5, 5.41) is 3.41. The lowest BCUT2D eigenvalue weighted by Gasteiger charge is -2.10. The fourth-order valence-electron chi connectivity index (χ4n) is 2.06. The molecule has 2 aromatic carbocycles. The molecule has 1 N–H and O–H groups in total. The lowest BCUT2D eigenvalue weighted by atomic mass is 10.2. The Morgan fingerprint density at radius 2 is 1.18 bits per heavy atom. The van der Waals surface area contributed by atoms with Crippen molar-refractivity contribution >= 4 is 17.0 Å². The molecule has 0 atom stereocenters. The van der Waals surface area contributed by atoms with Gasteiger partial charge in [-0.15, -0.1) is 17.0 Å². The molecular formula is C17H22BrNO3. The molecule has 0 aliphatic rings. The van der Waals surface area contributed by atoms with Gasteiger partial charge < -0.3 is 19.5 Å². The number of hydrogen-bond acceptors (Lipinski definition) is 4. The summed E-state index contributed by atoms with van der Waals surface area (Å²) in [5.41, 5.74) is 2.34. The van der Waals surface area contributed by atoms with Gasteiger partial charge in [-0.1, -0.05) is 12.1 Å². The first-order valence-electron chi connectivity index (χ1n) is 6.80. The molecule has 2 aromatic rings. The number of halogens is 1. The van der Waals surface area contributed by atoms with E-state index in [0.29, 0.717) is 0 Å². The van der Waals surface area contributed by atoms with Gasteiger partial charge in [-0.05, 0) is 35.4 Å². The summed E-state index contributed by atoms with van der Waals surface area (Å²) >= 11 is 0. The fourth-order valence-corrected chi connectivity index (χ4v) is 2.06. The molecule has 0 fully saturated rings. The first kappa shape index (κ1) is 18.3. The van der Waals surface area contributed by atoms with Crippen LogP contribution in [0.15, 0.2) is 42.5 Å². The molecule has 5 heteroatoms. The van der Waals surface area contributed by atoms with Crippen LogP contribution < -0.4 is 19.5 Å². The van der Waals surface area contributed by atoms with Gasteiger partial charge in [0, 0.05) is 19.2 Å². The Balaban J connectivity index is 0.00000242. The Labute approximate surface area is 142 Å². The fraction of sp³-hybridized carbons (Fsp3) is 0.294. The van der Waals surface area contributed by atoms with E-state index in [9.17, 15) is 0 Å². The predicted molar refractivity (Wildman–Crippen MR) is 93.4 cm³/mol. The molecule has 22 heavy (non-hydrogen) atoms. The molecule has 2 rings (SSSR count). The Kier molecular flexibility index (Phi) is 7.77. The quantitative estimate of drug-likeness (QED) is 0.811. The van der Waals surface area contributed by atoms with E-state index in [-0.39, 0.29) is 17.0 Å². The summed E-state index contributed by atoms with van der Waals surface area (Å²) in [4.78, 5) is 0. The van der Waals surface area contributed by atoms with E-state index in [4.69, 9.17) is 14.2 Å². The van der Waals surface area contributed by atoms with Gasteiger partial charge in [0.05, 0.1) is 21.3 Å². The van der Waals surface area contributed by atoms with Gasteiger partial charge in [-0.25, -0.2) is 0 Å². The summed E-state index contributed by atoms with van der Waals surface area (Å²) in [6, 6.07) is 13.9. The van der Waals surface area contributed by atoms with E-state index in [2.05, 4.69) is 17.4 Å². The van der Waals surface area contributed by atoms with Crippen molar-refractivity contribution in [2.24, 2.45) is 0 Å². The molecule has 0 bridgehead atoms. The van der Waals surface area contributed by atoms with E-state index in [0.717, 1.165) is 35.9 Å². The van der Waals surface area contributed by atoms with E-state index >= 15 is 0 Å². The van der Waals surface area contributed by atoms with Crippen LogP contribution in [-0.4, -0.2) is 21.3 Å². The highest BCUT2D eigenvalue weighted by Crippen LogP contribution is 2.22. The minimum atomic E-state index is 0. The summed E-state index contributed by atoms with van der Waals surface area (Å²) in [7, 11) is 4.98. The zero-order valence-electron chi connectivity index (χ0n) is 13.1. The van der Waals surface area contributed by atoms with Crippen molar-refractivity contribution in [3.05, 3.63) is 53.6 Å². The van der Waals surface area contributed by atoms with Crippen molar-refractivity contribution in [2.75, 3.05) is 21.3 Å². The largest absolute Gasteiger partial charge is 0.497 e. The maximum Gasteiger partial charge on any atom is 0.122 e. The molecule has 0 aliphatic carbocycles. The molecule has 4 nitrogen and oxygen atoms in total. The standard InChI is InChI=1S/C17H21NO3.BrH/c1-19-15-6-4-13(5-7-15)11-18-12-14-8-16(20-2)10-17(9-14)21-3;/h4-10,18H,11-12H2,1-3H3;1H. The first-order valence-corrected chi connectivity index (χ1v) is 6.80. The van der Waals surface area contributed by atoms with Gasteiger partial charge in [0.15, 0.2) is 0 Å². The highest BCUT2D eigenvalue weighted by molar-refractivity contribution is 8.93. The number of rotatable bonds is 7. The second-order valence-corrected chi connectivity index (χ2v) is 4.67. The molecule has 0 spiro atoms. The van der Waals surface area contributed by atoms with Crippen LogP contribution in [0.1, 0.15) is 11.1 Å². The molecule has 120 valence electrons. The van der Waals surface area contributed by atoms with Crippen LogP contribution in [0.4, 0.5) is 0 Å². The van der Waals surface area contributed by atoms with E-state index < -0.39 is 0 Å². The molecule has 0 unspecified atom stereocenters. The minimum Gasteiger partial charge on any atom is -0.497 e. The van der Waals surface area contributed by atoms with Crippen molar-refractivity contribution in [1.29, 1.82) is 0 Å². The minimum absolute atomic E-state index is 0. The zero-order chi connectivity index (χ0) is 15.1. The lowest BCUT2D eigenvalue weighted by molar-refractivity contribution is 0.393. The third-order valence-corrected chi connectivity index (χ3v) is 3.23. The highest BCUT2D eigenvalue weighted by atomic mass is 79.9. The van der Waals surface area contributed by atoms with E-state index in [1.54, 1.807) is 21.3 Å². The van der Waals surface area contributed by atoms with Crippen molar-refractivity contribution in [3.8, 4) is 17.2 Å². The van der Waals surface area contributed by atoms with Crippen LogP contribution in [0.25, 0.3) is 0 Å². The Morgan fingerprint density at radius 3 is 1.68 bits per heavy atom. The molecule has 0 amide bonds. The van der Waals surface area contributed by atoms with E-state index in [1.807, 2.05) is 30.3 Å². The zero-order valence-corrected chi connectivity index (χ0v) is 14.8. The summed E-state index contributed by atoms with van der Waals surface area (Å²) in [6.07, 6.45) is 0. The summed E-state index contributed by atoms with van der Waals surface area (Å²) in [5.74, 6) is 2.47. The smallest absolute Gasteiger partial charge is 0.122 e. The maximum absolute atomic E-state index is 5.27. The van der Waals surface area contributed by atoms with Crippen molar-refractivity contribution < 1.29 is 14.2 Å². The monoisotopic (exact) mass is 367 g/mol. The average Bonchev–Trinajstić information content (AvgIpc) is 2.55. The van der Waals surface area contributed by atoms with Gasteiger partial charge in [0.25, 0.3) is 0 Å². The third-order valence-electron chi connectivity index (χ3n) is 3.23. The second-order valence-electron chi connectivity index (χ2n) is 4.67. The van der Waals surface area contributed by atoms with E-state index in [1.165, 1.54) is 5.56 Å². The molecule has 0 radical (unpaired) electrons. The molecule has 0 aromatic heterocycles. The van der Waals surface area contributed by atoms with Crippen LogP contribution in [0.3, 0.4) is 0 Å². The molecule has 0 aliphatic heterocycles. The number of hydrogen-bond donors (Lipinski definition) is 1. The van der Waals surface area contributed by atoms with Crippen LogP contribution >= 0.6 is 17.0 Å². The summed E-state index contributed by atoms with van der Waals surface area (Å²) in [6.45, 7) is 1.54. The van der Waals surface area contributed by atoms with Gasteiger partial charge >= 0.3 is 0 Å². The number of benzene rings is 2. The van der Waals surface area contributed by atoms with Crippen molar-refractivity contribution in [3.63, 3.8) is 0 Å². The number of ether oxygens (including phenoxy) is 3. The third kappa shape index (κ3) is 5.24. The van der Waals surface area contributed by atoms with Crippen LogP contribution in [0.5, 0.6) is 17.2 Å². The second kappa shape index (κ2) is 9.33. The predicted octanol–water partition coefficient (Wildman–Crippen LogP) is 3.58. The topological polar surface area (TPSA) is 39.7 Å². The van der Waals surface area contributed by atoms with Crippen molar-refractivity contribution in [1.82, 2.24) is 5.32 Å². The van der Waals surface area contributed by atoms with Gasteiger partial charge in [0.1, 0.15) is 17.2 Å². The molecular weight excluding hydrogens is 346 g/mol. The Morgan fingerprint density at radius 1 is 0.682 bits per heavy atom.